The van der Waals surface area contributed by atoms with Crippen LogP contribution in [-0.4, -0.2) is 28.8 Å². The minimum atomic E-state index is -0.560. The lowest BCUT2D eigenvalue weighted by Gasteiger charge is -2.03. The first kappa shape index (κ1) is 26.6. The van der Waals surface area contributed by atoms with Gasteiger partial charge in [0.25, 0.3) is 0 Å². The standard InChI is InChI=1S/C18H37NO.C3H8O2/c1-2-3-4-5-6-7-8-9-10-11-12-13-14-15-16-17-18(19)20;1-3(5)2-4/h2-17H2,1H3,(H2,19,20);3-5H,2H2,1H3. The van der Waals surface area contributed by atoms with Crippen molar-refractivity contribution in [3.05, 3.63) is 0 Å². The minimum absolute atomic E-state index is 0.139. The van der Waals surface area contributed by atoms with Crippen LogP contribution in [0.25, 0.3) is 0 Å². The highest BCUT2D eigenvalue weighted by Crippen LogP contribution is 2.13. The number of hydrogen-bond acceptors (Lipinski definition) is 3. The van der Waals surface area contributed by atoms with Gasteiger partial charge in [-0.15, -0.1) is 0 Å². The summed E-state index contributed by atoms with van der Waals surface area (Å²) in [6.07, 6.45) is 20.3. The number of rotatable bonds is 17. The van der Waals surface area contributed by atoms with E-state index >= 15 is 0 Å². The third-order valence-electron chi connectivity index (χ3n) is 4.29. The first-order valence-electron chi connectivity index (χ1n) is 10.6. The van der Waals surface area contributed by atoms with Crippen molar-refractivity contribution in [1.29, 1.82) is 0 Å². The quantitative estimate of drug-likeness (QED) is 0.316. The summed E-state index contributed by atoms with van der Waals surface area (Å²) in [4.78, 5) is 10.6. The second kappa shape index (κ2) is 23.4. The van der Waals surface area contributed by atoms with Gasteiger partial charge in [0.05, 0.1) is 12.7 Å². The Labute approximate surface area is 156 Å². The summed E-state index contributed by atoms with van der Waals surface area (Å²) in [5, 5.41) is 16.0. The Kier molecular flexibility index (Phi) is 24.9. The van der Waals surface area contributed by atoms with Crippen LogP contribution in [0.1, 0.15) is 117 Å². The van der Waals surface area contributed by atoms with Crippen LogP contribution in [0.15, 0.2) is 0 Å². The summed E-state index contributed by atoms with van der Waals surface area (Å²) in [6, 6.07) is 0. The van der Waals surface area contributed by atoms with Gasteiger partial charge in [-0.25, -0.2) is 0 Å². The molecule has 0 aliphatic heterocycles. The summed E-state index contributed by atoms with van der Waals surface area (Å²) < 4.78 is 0. The molecule has 0 aliphatic carbocycles. The van der Waals surface area contributed by atoms with E-state index in [0.29, 0.717) is 6.42 Å². The average Bonchev–Trinajstić information content (AvgIpc) is 2.58. The number of primary amides is 1. The Balaban J connectivity index is 0. The van der Waals surface area contributed by atoms with Gasteiger partial charge >= 0.3 is 0 Å². The summed E-state index contributed by atoms with van der Waals surface area (Å²) in [7, 11) is 0. The summed E-state index contributed by atoms with van der Waals surface area (Å²) in [5.41, 5.74) is 5.11. The molecule has 4 N–H and O–H groups in total. The van der Waals surface area contributed by atoms with Gasteiger partial charge in [0, 0.05) is 6.42 Å². The Morgan fingerprint density at radius 2 is 1.04 bits per heavy atom. The first-order chi connectivity index (χ1) is 12.0. The highest BCUT2D eigenvalue weighted by molar-refractivity contribution is 5.73. The maximum atomic E-state index is 10.6. The van der Waals surface area contributed by atoms with Crippen LogP contribution < -0.4 is 5.73 Å². The number of aliphatic hydroxyl groups is 2. The fourth-order valence-corrected chi connectivity index (χ4v) is 2.67. The molecule has 25 heavy (non-hydrogen) atoms. The van der Waals surface area contributed by atoms with E-state index in [-0.39, 0.29) is 12.5 Å². The van der Waals surface area contributed by atoms with Crippen LogP contribution in [-0.2, 0) is 4.79 Å². The van der Waals surface area contributed by atoms with Crippen LogP contribution in [0.5, 0.6) is 0 Å². The van der Waals surface area contributed by atoms with Crippen LogP contribution in [0.3, 0.4) is 0 Å². The van der Waals surface area contributed by atoms with Crippen LogP contribution in [0, 0.1) is 0 Å². The molecule has 0 saturated heterocycles. The number of amides is 1. The van der Waals surface area contributed by atoms with Crippen molar-refractivity contribution in [3.63, 3.8) is 0 Å². The lowest BCUT2D eigenvalue weighted by Crippen LogP contribution is -2.09. The van der Waals surface area contributed by atoms with Gasteiger partial charge in [-0.3, -0.25) is 4.79 Å². The molecule has 0 rings (SSSR count). The normalized spacial score (nSPS) is 11.7. The number of unbranched alkanes of at least 4 members (excludes halogenated alkanes) is 14. The molecular weight excluding hydrogens is 314 g/mol. The molecule has 1 atom stereocenters. The fourth-order valence-electron chi connectivity index (χ4n) is 2.67. The summed E-state index contributed by atoms with van der Waals surface area (Å²) >= 11 is 0. The number of hydrogen-bond donors (Lipinski definition) is 3. The molecule has 0 aromatic carbocycles. The second-order valence-electron chi connectivity index (χ2n) is 7.20. The van der Waals surface area contributed by atoms with E-state index in [4.69, 9.17) is 15.9 Å². The van der Waals surface area contributed by atoms with Gasteiger partial charge in [-0.05, 0) is 13.3 Å². The van der Waals surface area contributed by atoms with Crippen LogP contribution in [0.2, 0.25) is 0 Å². The van der Waals surface area contributed by atoms with Crippen molar-refractivity contribution < 1.29 is 15.0 Å². The molecule has 0 aromatic heterocycles. The summed E-state index contributed by atoms with van der Waals surface area (Å²) in [5.74, 6) is -0.153. The number of carbonyl (C=O) groups excluding carboxylic acids is 1. The lowest BCUT2D eigenvalue weighted by atomic mass is 10.0. The molecule has 0 saturated carbocycles. The molecule has 1 unspecified atom stereocenters. The molecule has 4 nitrogen and oxygen atoms in total. The minimum Gasteiger partial charge on any atom is -0.394 e. The van der Waals surface area contributed by atoms with E-state index in [0.717, 1.165) is 6.42 Å². The molecule has 0 aliphatic rings. The molecule has 0 heterocycles. The molecule has 1 amide bonds. The maximum absolute atomic E-state index is 10.6. The first-order valence-corrected chi connectivity index (χ1v) is 10.6. The average molecular weight is 360 g/mol. The Morgan fingerprint density at radius 1 is 0.760 bits per heavy atom. The van der Waals surface area contributed by atoms with Crippen molar-refractivity contribution in [2.45, 2.75) is 123 Å². The van der Waals surface area contributed by atoms with Crippen LogP contribution >= 0.6 is 0 Å². The van der Waals surface area contributed by atoms with Crippen molar-refractivity contribution >= 4 is 5.91 Å². The second-order valence-corrected chi connectivity index (χ2v) is 7.20. The highest BCUT2D eigenvalue weighted by atomic mass is 16.3. The third-order valence-corrected chi connectivity index (χ3v) is 4.29. The van der Waals surface area contributed by atoms with E-state index in [1.165, 1.54) is 96.8 Å². The summed E-state index contributed by atoms with van der Waals surface area (Å²) in [6.45, 7) is 3.66. The molecule has 152 valence electrons. The van der Waals surface area contributed by atoms with Gasteiger partial charge in [0.1, 0.15) is 0 Å². The molecule has 0 spiro atoms. The van der Waals surface area contributed by atoms with Crippen molar-refractivity contribution in [2.24, 2.45) is 5.73 Å². The predicted molar refractivity (Wildman–Crippen MR) is 108 cm³/mol. The Bertz CT molecular complexity index is 258. The Morgan fingerprint density at radius 3 is 1.28 bits per heavy atom. The van der Waals surface area contributed by atoms with E-state index in [9.17, 15) is 4.79 Å². The maximum Gasteiger partial charge on any atom is 0.217 e. The molecular formula is C21H45NO3. The highest BCUT2D eigenvalue weighted by Gasteiger charge is 1.96. The van der Waals surface area contributed by atoms with Gasteiger partial charge in [0.2, 0.25) is 5.91 Å². The topological polar surface area (TPSA) is 83.6 Å². The van der Waals surface area contributed by atoms with Crippen molar-refractivity contribution in [1.82, 2.24) is 0 Å². The zero-order chi connectivity index (χ0) is 19.2. The third kappa shape index (κ3) is 31.6. The molecule has 0 bridgehead atoms. The van der Waals surface area contributed by atoms with Gasteiger partial charge in [-0.2, -0.15) is 0 Å². The fraction of sp³-hybridized carbons (Fsp3) is 0.952. The number of nitrogens with two attached hydrogens (primary N) is 1. The lowest BCUT2D eigenvalue weighted by molar-refractivity contribution is -0.118. The monoisotopic (exact) mass is 359 g/mol. The smallest absolute Gasteiger partial charge is 0.217 e. The predicted octanol–water partition coefficient (Wildman–Crippen LogP) is 5.09. The van der Waals surface area contributed by atoms with Gasteiger partial charge in [-0.1, -0.05) is 96.8 Å². The van der Waals surface area contributed by atoms with E-state index < -0.39 is 6.10 Å². The SMILES string of the molecule is CC(O)CO.CCCCCCCCCCCCCCCCCC(N)=O. The zero-order valence-corrected chi connectivity index (χ0v) is 17.0. The number of aliphatic hydroxyl groups excluding tert-OH is 2. The molecule has 4 heteroatoms. The largest absolute Gasteiger partial charge is 0.394 e. The van der Waals surface area contributed by atoms with Gasteiger partial charge < -0.3 is 15.9 Å². The van der Waals surface area contributed by atoms with Crippen molar-refractivity contribution in [3.8, 4) is 0 Å². The number of carbonyl (C=O) groups is 1. The Hall–Kier alpha value is -0.610. The zero-order valence-electron chi connectivity index (χ0n) is 17.0. The molecule has 0 fully saturated rings. The molecule has 0 radical (unpaired) electrons. The van der Waals surface area contributed by atoms with E-state index in [1.54, 1.807) is 0 Å². The van der Waals surface area contributed by atoms with E-state index in [2.05, 4.69) is 6.92 Å². The van der Waals surface area contributed by atoms with Gasteiger partial charge in [0.15, 0.2) is 0 Å². The van der Waals surface area contributed by atoms with E-state index in [1.807, 2.05) is 0 Å². The van der Waals surface area contributed by atoms with Crippen molar-refractivity contribution in [2.75, 3.05) is 6.61 Å². The van der Waals surface area contributed by atoms with Crippen LogP contribution in [0.4, 0.5) is 0 Å². The molecule has 0 aromatic rings.